The lowest BCUT2D eigenvalue weighted by Gasteiger charge is -2.28. The zero-order valence-corrected chi connectivity index (χ0v) is 7.01. The third kappa shape index (κ3) is 2.87. The van der Waals surface area contributed by atoms with Crippen LogP contribution < -0.4 is 5.43 Å². The van der Waals surface area contributed by atoms with E-state index >= 15 is 0 Å². The minimum absolute atomic E-state index is 0.139. The lowest BCUT2D eigenvalue weighted by Crippen LogP contribution is -2.45. The fourth-order valence-corrected chi connectivity index (χ4v) is 1.27. The lowest BCUT2D eigenvalue weighted by atomic mass is 10.2. The second kappa shape index (κ2) is 4.32. The average molecular weight is 153 g/mol. The summed E-state index contributed by atoms with van der Waals surface area (Å²) in [7, 11) is 0. The van der Waals surface area contributed by atoms with Gasteiger partial charge in [0.25, 0.3) is 0 Å². The molecule has 0 radical (unpaired) electrons. The molecule has 0 aromatic heterocycles. The summed E-state index contributed by atoms with van der Waals surface area (Å²) in [6.45, 7) is 4.97. The van der Waals surface area contributed by atoms with E-state index in [0.717, 1.165) is 19.6 Å². The topological polar surface area (TPSA) is 39.1 Å². The second-order valence-electron chi connectivity index (χ2n) is 3.09. The monoisotopic (exact) mass is 153 g/mol. The maximum absolute atomic E-state index is 8.56. The van der Waals surface area contributed by atoms with Gasteiger partial charge in [-0.15, -0.1) is 0 Å². The Labute approximate surface area is 68.0 Å². The van der Waals surface area contributed by atoms with E-state index in [4.69, 9.17) is 5.26 Å². The highest BCUT2D eigenvalue weighted by molar-refractivity contribution is 4.81. The first-order chi connectivity index (χ1) is 5.33. The van der Waals surface area contributed by atoms with Crippen LogP contribution in [0.5, 0.6) is 0 Å². The Balaban J connectivity index is 2.20. The summed E-state index contributed by atoms with van der Waals surface area (Å²) >= 11 is 0. The van der Waals surface area contributed by atoms with Gasteiger partial charge in [-0.25, -0.2) is 5.01 Å². The van der Waals surface area contributed by atoms with Crippen molar-refractivity contribution in [2.45, 2.75) is 19.8 Å². The summed E-state index contributed by atoms with van der Waals surface area (Å²) < 4.78 is 0. The van der Waals surface area contributed by atoms with Crippen LogP contribution in [-0.4, -0.2) is 24.6 Å². The van der Waals surface area contributed by atoms with Crippen molar-refractivity contribution >= 4 is 0 Å². The molecule has 11 heavy (non-hydrogen) atoms. The predicted octanol–water partition coefficient (Wildman–Crippen LogP) is 0.746. The van der Waals surface area contributed by atoms with Crippen LogP contribution in [0.2, 0.25) is 0 Å². The van der Waals surface area contributed by atoms with Crippen molar-refractivity contribution in [3.05, 3.63) is 0 Å². The van der Waals surface area contributed by atoms with Gasteiger partial charge in [-0.05, 0) is 19.8 Å². The van der Waals surface area contributed by atoms with E-state index < -0.39 is 0 Å². The van der Waals surface area contributed by atoms with Crippen LogP contribution in [-0.2, 0) is 0 Å². The van der Waals surface area contributed by atoms with Crippen molar-refractivity contribution in [1.29, 1.82) is 5.26 Å². The van der Waals surface area contributed by atoms with Gasteiger partial charge < -0.3 is 0 Å². The Morgan fingerprint density at radius 3 is 3.00 bits per heavy atom. The molecule has 1 rings (SSSR count). The standard InChI is InChI=1S/C8H15N3/c1-8(6-9)7-11-5-3-2-4-10-11/h8,10H,2-5,7H2,1H3. The quantitative estimate of drug-likeness (QED) is 0.636. The van der Waals surface area contributed by atoms with Crippen molar-refractivity contribution < 1.29 is 0 Å². The van der Waals surface area contributed by atoms with E-state index in [0.29, 0.717) is 0 Å². The summed E-state index contributed by atoms with van der Waals surface area (Å²) in [6.07, 6.45) is 2.52. The minimum Gasteiger partial charge on any atom is -0.255 e. The molecule has 3 heteroatoms. The molecule has 1 saturated heterocycles. The molecule has 1 N–H and O–H groups in total. The van der Waals surface area contributed by atoms with E-state index in [2.05, 4.69) is 16.5 Å². The van der Waals surface area contributed by atoms with Gasteiger partial charge in [0.05, 0.1) is 12.0 Å². The number of nitriles is 1. The number of nitrogens with zero attached hydrogens (tertiary/aromatic N) is 2. The molecule has 1 unspecified atom stereocenters. The van der Waals surface area contributed by atoms with Gasteiger partial charge in [0, 0.05) is 19.6 Å². The Morgan fingerprint density at radius 2 is 2.45 bits per heavy atom. The molecule has 3 nitrogen and oxygen atoms in total. The smallest absolute Gasteiger partial charge is 0.0666 e. The Kier molecular flexibility index (Phi) is 3.34. The molecule has 0 aromatic carbocycles. The van der Waals surface area contributed by atoms with Crippen LogP contribution >= 0.6 is 0 Å². The van der Waals surface area contributed by atoms with Gasteiger partial charge in [0.2, 0.25) is 0 Å². The van der Waals surface area contributed by atoms with Crippen LogP contribution in [0.15, 0.2) is 0 Å². The van der Waals surface area contributed by atoms with Crippen molar-refractivity contribution in [2.24, 2.45) is 5.92 Å². The zero-order valence-electron chi connectivity index (χ0n) is 7.01. The Morgan fingerprint density at radius 1 is 1.64 bits per heavy atom. The van der Waals surface area contributed by atoms with E-state index in [9.17, 15) is 0 Å². The molecule has 1 fully saturated rings. The predicted molar refractivity (Wildman–Crippen MR) is 43.6 cm³/mol. The molecular formula is C8H15N3. The maximum Gasteiger partial charge on any atom is 0.0666 e. The summed E-state index contributed by atoms with van der Waals surface area (Å²) in [5.41, 5.74) is 3.27. The number of hydrogen-bond donors (Lipinski definition) is 1. The molecule has 0 saturated carbocycles. The van der Waals surface area contributed by atoms with Crippen molar-refractivity contribution in [1.82, 2.24) is 10.4 Å². The Bertz CT molecular complexity index is 144. The van der Waals surface area contributed by atoms with Gasteiger partial charge in [0.15, 0.2) is 0 Å². The normalized spacial score (nSPS) is 22.5. The molecular weight excluding hydrogens is 138 g/mol. The SMILES string of the molecule is CC(C#N)CN1CCCCN1. The molecule has 0 bridgehead atoms. The Hall–Kier alpha value is -0.590. The summed E-state index contributed by atoms with van der Waals surface area (Å²) in [5, 5.41) is 10.7. The molecule has 0 spiro atoms. The number of hydrogen-bond acceptors (Lipinski definition) is 3. The second-order valence-corrected chi connectivity index (χ2v) is 3.09. The van der Waals surface area contributed by atoms with E-state index in [1.165, 1.54) is 12.8 Å². The maximum atomic E-state index is 8.56. The average Bonchev–Trinajstić information content (AvgIpc) is 2.06. The summed E-state index contributed by atoms with van der Waals surface area (Å²) in [5.74, 6) is 0.139. The van der Waals surface area contributed by atoms with Crippen molar-refractivity contribution in [2.75, 3.05) is 19.6 Å². The van der Waals surface area contributed by atoms with Gasteiger partial charge in [-0.2, -0.15) is 5.26 Å². The molecule has 0 aromatic rings. The number of nitrogens with one attached hydrogen (secondary N) is 1. The van der Waals surface area contributed by atoms with Crippen LogP contribution in [0.3, 0.4) is 0 Å². The van der Waals surface area contributed by atoms with Crippen LogP contribution in [0.1, 0.15) is 19.8 Å². The van der Waals surface area contributed by atoms with Crippen LogP contribution in [0, 0.1) is 17.2 Å². The van der Waals surface area contributed by atoms with E-state index in [1.54, 1.807) is 0 Å². The zero-order chi connectivity index (χ0) is 8.10. The fraction of sp³-hybridized carbons (Fsp3) is 0.875. The van der Waals surface area contributed by atoms with Gasteiger partial charge in [0.1, 0.15) is 0 Å². The molecule has 0 aliphatic carbocycles. The summed E-state index contributed by atoms with van der Waals surface area (Å²) in [6, 6.07) is 2.23. The molecule has 1 aliphatic rings. The first-order valence-corrected chi connectivity index (χ1v) is 4.21. The first kappa shape index (κ1) is 8.51. The molecule has 1 aliphatic heterocycles. The van der Waals surface area contributed by atoms with Crippen molar-refractivity contribution in [3.8, 4) is 6.07 Å². The minimum atomic E-state index is 0.139. The first-order valence-electron chi connectivity index (χ1n) is 4.21. The number of rotatable bonds is 2. The lowest BCUT2D eigenvalue weighted by molar-refractivity contribution is 0.142. The number of hydrazine groups is 1. The fourth-order valence-electron chi connectivity index (χ4n) is 1.27. The molecule has 1 heterocycles. The van der Waals surface area contributed by atoms with Crippen molar-refractivity contribution in [3.63, 3.8) is 0 Å². The van der Waals surface area contributed by atoms with E-state index in [-0.39, 0.29) is 5.92 Å². The third-order valence-corrected chi connectivity index (χ3v) is 1.90. The largest absolute Gasteiger partial charge is 0.255 e. The highest BCUT2D eigenvalue weighted by atomic mass is 15.5. The highest BCUT2D eigenvalue weighted by Crippen LogP contribution is 2.02. The molecule has 62 valence electrons. The van der Waals surface area contributed by atoms with Gasteiger partial charge >= 0.3 is 0 Å². The highest BCUT2D eigenvalue weighted by Gasteiger charge is 2.11. The summed E-state index contributed by atoms with van der Waals surface area (Å²) in [4.78, 5) is 0. The van der Waals surface area contributed by atoms with E-state index in [1.807, 2.05) is 6.92 Å². The van der Waals surface area contributed by atoms with Gasteiger partial charge in [-0.3, -0.25) is 5.43 Å². The molecule has 1 atom stereocenters. The third-order valence-electron chi connectivity index (χ3n) is 1.90. The molecule has 0 amide bonds. The van der Waals surface area contributed by atoms with Crippen LogP contribution in [0.25, 0.3) is 0 Å². The van der Waals surface area contributed by atoms with Gasteiger partial charge in [-0.1, -0.05) is 0 Å². The van der Waals surface area contributed by atoms with Crippen LogP contribution in [0.4, 0.5) is 0 Å².